The first-order valence-corrected chi connectivity index (χ1v) is 8.39. The van der Waals surface area contributed by atoms with Crippen LogP contribution >= 0.6 is 0 Å². The van der Waals surface area contributed by atoms with E-state index < -0.39 is 78.9 Å². The summed E-state index contributed by atoms with van der Waals surface area (Å²) in [4.78, 5) is 26.4. The lowest BCUT2D eigenvalue weighted by Crippen LogP contribution is -2.48. The molecule has 0 spiro atoms. The Kier molecular flexibility index (Phi) is 5.46. The van der Waals surface area contributed by atoms with Crippen LogP contribution in [0.1, 0.15) is 23.6 Å². The van der Waals surface area contributed by atoms with Crippen molar-refractivity contribution in [3.05, 3.63) is 32.1 Å². The molecule has 12 nitrogen and oxygen atoms in total. The quantitative estimate of drug-likeness (QED) is 0.257. The van der Waals surface area contributed by atoms with Crippen molar-refractivity contribution in [3.63, 3.8) is 0 Å². The molecule has 3 heterocycles. The van der Waals surface area contributed by atoms with Crippen LogP contribution in [-0.2, 0) is 9.47 Å². The molecule has 1 unspecified atom stereocenters. The molecule has 2 aliphatic rings. The van der Waals surface area contributed by atoms with Gasteiger partial charge >= 0.3 is 5.69 Å². The molecule has 0 radical (unpaired) electrons. The van der Waals surface area contributed by atoms with Crippen LogP contribution in [0.5, 0.6) is 0 Å². The van der Waals surface area contributed by atoms with Crippen LogP contribution in [0.25, 0.3) is 0 Å². The average molecular weight is 408 g/mol. The molecule has 2 saturated heterocycles. The Bertz CT molecular complexity index is 854. The van der Waals surface area contributed by atoms with E-state index in [2.05, 4.69) is 0 Å². The lowest BCUT2D eigenvalue weighted by atomic mass is 10.0. The number of ether oxygens (including phenoxy) is 2. The summed E-state index contributed by atoms with van der Waals surface area (Å²) >= 11 is 0. The molecule has 1 aromatic heterocycles. The Balaban J connectivity index is 2.20. The number of aromatic amines is 1. The van der Waals surface area contributed by atoms with Gasteiger partial charge in [0.2, 0.25) is 6.23 Å². The summed E-state index contributed by atoms with van der Waals surface area (Å²) in [6.45, 7) is -0.366. The molecule has 1 aromatic rings. The van der Waals surface area contributed by atoms with Gasteiger partial charge in [-0.1, -0.05) is 0 Å². The van der Waals surface area contributed by atoms with Gasteiger partial charge in [0, 0.05) is 5.56 Å². The van der Waals surface area contributed by atoms with Gasteiger partial charge in [-0.15, -0.1) is 0 Å². The van der Waals surface area contributed by atoms with Crippen molar-refractivity contribution >= 4 is 0 Å². The van der Waals surface area contributed by atoms with Crippen LogP contribution in [-0.4, -0.2) is 89.8 Å². The van der Waals surface area contributed by atoms with E-state index in [4.69, 9.17) is 9.47 Å². The summed E-state index contributed by atoms with van der Waals surface area (Å²) in [7, 11) is 0. The number of halogens is 1. The van der Waals surface area contributed by atoms with Crippen LogP contribution in [0, 0.1) is 6.92 Å². The molecule has 0 aliphatic carbocycles. The SMILES string of the molecule is Cc1c(C2O[C@@H](CO)[C@H](O)[C@H]2O)n([C@@H]2O[C@H](CO)[C@@H](O)[C@]2(O)F)c(=O)[nH]c1=O. The van der Waals surface area contributed by atoms with E-state index in [1.807, 2.05) is 4.98 Å². The summed E-state index contributed by atoms with van der Waals surface area (Å²) in [6, 6.07) is 0. The van der Waals surface area contributed by atoms with Crippen molar-refractivity contribution in [3.8, 4) is 0 Å². The van der Waals surface area contributed by atoms with Gasteiger partial charge in [0.05, 0.1) is 18.9 Å². The molecule has 28 heavy (non-hydrogen) atoms. The van der Waals surface area contributed by atoms with E-state index in [1.54, 1.807) is 0 Å². The Morgan fingerprint density at radius 2 is 1.71 bits per heavy atom. The molecular formula is C15H21FN2O10. The van der Waals surface area contributed by atoms with Crippen LogP contribution in [0.15, 0.2) is 9.59 Å². The third kappa shape index (κ3) is 3.00. The topological polar surface area (TPSA) is 195 Å². The first-order chi connectivity index (χ1) is 13.1. The van der Waals surface area contributed by atoms with E-state index in [9.17, 15) is 44.6 Å². The number of hydrogen-bond donors (Lipinski definition) is 7. The minimum absolute atomic E-state index is 0.226. The van der Waals surface area contributed by atoms with Gasteiger partial charge in [0.1, 0.15) is 36.6 Å². The molecule has 13 heteroatoms. The van der Waals surface area contributed by atoms with Crippen LogP contribution in [0.3, 0.4) is 0 Å². The fraction of sp³-hybridized carbons (Fsp3) is 0.733. The third-order valence-electron chi connectivity index (χ3n) is 5.07. The number of aliphatic hydroxyl groups excluding tert-OH is 5. The molecule has 0 amide bonds. The first-order valence-electron chi connectivity index (χ1n) is 8.39. The smallest absolute Gasteiger partial charge is 0.330 e. The molecule has 158 valence electrons. The predicted molar refractivity (Wildman–Crippen MR) is 85.8 cm³/mol. The van der Waals surface area contributed by atoms with Crippen LogP contribution in [0.4, 0.5) is 4.39 Å². The maximum atomic E-state index is 14.8. The number of H-pyrrole nitrogens is 1. The summed E-state index contributed by atoms with van der Waals surface area (Å²) in [5, 5.41) is 58.6. The van der Waals surface area contributed by atoms with Gasteiger partial charge < -0.3 is 40.1 Å². The van der Waals surface area contributed by atoms with E-state index in [0.29, 0.717) is 4.57 Å². The summed E-state index contributed by atoms with van der Waals surface area (Å²) < 4.78 is 25.7. The number of hydrogen-bond acceptors (Lipinski definition) is 10. The van der Waals surface area contributed by atoms with E-state index in [1.165, 1.54) is 6.92 Å². The molecule has 0 bridgehead atoms. The zero-order valence-electron chi connectivity index (χ0n) is 14.6. The van der Waals surface area contributed by atoms with E-state index >= 15 is 0 Å². The number of aromatic nitrogens is 2. The fourth-order valence-corrected chi connectivity index (χ4v) is 3.49. The molecule has 0 saturated carbocycles. The Hall–Kier alpha value is -1.71. The zero-order chi connectivity index (χ0) is 21.0. The molecule has 3 rings (SSSR count). The second-order valence-electron chi connectivity index (χ2n) is 6.78. The third-order valence-corrected chi connectivity index (χ3v) is 5.07. The molecule has 2 aliphatic heterocycles. The Labute approximate surface area is 156 Å². The fourth-order valence-electron chi connectivity index (χ4n) is 3.49. The van der Waals surface area contributed by atoms with E-state index in [-0.39, 0.29) is 5.56 Å². The van der Waals surface area contributed by atoms with Gasteiger partial charge in [-0.2, -0.15) is 0 Å². The minimum Gasteiger partial charge on any atom is -0.394 e. The second-order valence-corrected chi connectivity index (χ2v) is 6.78. The largest absolute Gasteiger partial charge is 0.394 e. The van der Waals surface area contributed by atoms with Crippen LogP contribution < -0.4 is 11.2 Å². The highest BCUT2D eigenvalue weighted by Gasteiger charge is 2.59. The van der Waals surface area contributed by atoms with Gasteiger partial charge in [-0.25, -0.2) is 9.18 Å². The number of alkyl halides is 1. The van der Waals surface area contributed by atoms with E-state index in [0.717, 1.165) is 0 Å². The van der Waals surface area contributed by atoms with Crippen molar-refractivity contribution < 1.29 is 44.5 Å². The maximum Gasteiger partial charge on any atom is 0.330 e. The van der Waals surface area contributed by atoms with Gasteiger partial charge in [0.25, 0.3) is 11.4 Å². The van der Waals surface area contributed by atoms with Crippen molar-refractivity contribution in [2.45, 2.75) is 55.6 Å². The lowest BCUT2D eigenvalue weighted by Gasteiger charge is -2.28. The highest BCUT2D eigenvalue weighted by atomic mass is 19.2. The zero-order valence-corrected chi connectivity index (χ0v) is 14.6. The number of nitrogens with one attached hydrogen (secondary N) is 1. The van der Waals surface area contributed by atoms with Gasteiger partial charge in [-0.05, 0) is 6.92 Å². The van der Waals surface area contributed by atoms with Crippen molar-refractivity contribution in [1.29, 1.82) is 0 Å². The number of nitrogens with zero attached hydrogens (tertiary/aromatic N) is 1. The Morgan fingerprint density at radius 1 is 1.11 bits per heavy atom. The monoisotopic (exact) mass is 408 g/mol. The summed E-state index contributed by atoms with van der Waals surface area (Å²) in [5.41, 5.74) is -2.82. The van der Waals surface area contributed by atoms with Crippen molar-refractivity contribution in [2.24, 2.45) is 0 Å². The normalized spacial score (nSPS) is 40.9. The number of rotatable bonds is 4. The molecule has 8 atom stereocenters. The Morgan fingerprint density at radius 3 is 2.21 bits per heavy atom. The second kappa shape index (κ2) is 7.27. The van der Waals surface area contributed by atoms with Gasteiger partial charge in [0.15, 0.2) is 0 Å². The average Bonchev–Trinajstić information content (AvgIpc) is 3.05. The molecule has 2 fully saturated rings. The molecular weight excluding hydrogens is 387 g/mol. The standard InChI is InChI=1S/C15H21FN2O10/c1-4-7(10-9(22)8(21)5(2-19)27-10)18(14(25)17-12(4)24)13-15(16,26)11(23)6(3-20)28-13/h5-6,8-11,13,19-23,26H,2-3H2,1H3,(H,17,24,25)/t5-,6+,8-,9+,10?,11+,13+,15+/m0/s1. The summed E-state index contributed by atoms with van der Waals surface area (Å²) in [5.74, 6) is -3.55. The van der Waals surface area contributed by atoms with Crippen LogP contribution in [0.2, 0.25) is 0 Å². The maximum absolute atomic E-state index is 14.8. The van der Waals surface area contributed by atoms with Crippen molar-refractivity contribution in [1.82, 2.24) is 9.55 Å². The highest BCUT2D eigenvalue weighted by molar-refractivity contribution is 5.23. The van der Waals surface area contributed by atoms with Gasteiger partial charge in [-0.3, -0.25) is 14.3 Å². The number of aliphatic hydroxyl groups is 6. The summed E-state index contributed by atoms with van der Waals surface area (Å²) in [6.07, 6.45) is -12.1. The van der Waals surface area contributed by atoms with Crippen molar-refractivity contribution in [2.75, 3.05) is 13.2 Å². The highest BCUT2D eigenvalue weighted by Crippen LogP contribution is 2.42. The molecule has 0 aromatic carbocycles. The first kappa shape index (κ1) is 21.0. The predicted octanol–water partition coefficient (Wildman–Crippen LogP) is -4.09. The lowest BCUT2D eigenvalue weighted by molar-refractivity contribution is -0.198. The molecule has 7 N–H and O–H groups in total. The minimum atomic E-state index is -3.55.